The zero-order chi connectivity index (χ0) is 11.4. The summed E-state index contributed by atoms with van der Waals surface area (Å²) in [6.07, 6.45) is 3.24. The van der Waals surface area contributed by atoms with Crippen LogP contribution < -0.4 is 5.73 Å². The Morgan fingerprint density at radius 3 is 2.81 bits per heavy atom. The van der Waals surface area contributed by atoms with Crippen molar-refractivity contribution in [2.45, 2.75) is 16.5 Å². The van der Waals surface area contributed by atoms with Gasteiger partial charge >= 0.3 is 0 Å². The highest BCUT2D eigenvalue weighted by atomic mass is 35.5. The number of nitrogens with zero attached hydrogens (tertiary/aromatic N) is 2. The molecule has 82 valence electrons. The van der Waals surface area contributed by atoms with Gasteiger partial charge in [-0.1, -0.05) is 29.4 Å². The van der Waals surface area contributed by atoms with Gasteiger partial charge in [-0.05, 0) is 23.8 Å². The summed E-state index contributed by atoms with van der Waals surface area (Å²) in [6, 6.07) is 7.68. The highest BCUT2D eigenvalue weighted by Gasteiger charge is 2.02. The smallest absolute Gasteiger partial charge is 0.116 e. The van der Waals surface area contributed by atoms with Gasteiger partial charge in [0.05, 0.1) is 0 Å². The number of hydrogen-bond acceptors (Lipinski definition) is 4. The van der Waals surface area contributed by atoms with Crippen LogP contribution in [0.2, 0.25) is 5.02 Å². The van der Waals surface area contributed by atoms with Crippen LogP contribution in [0.15, 0.2) is 46.7 Å². The molecule has 0 saturated heterocycles. The zero-order valence-electron chi connectivity index (χ0n) is 8.43. The number of hydrogen-bond donors (Lipinski definition) is 1. The second kappa shape index (κ2) is 5.30. The minimum absolute atomic E-state index is 0.456. The van der Waals surface area contributed by atoms with Crippen molar-refractivity contribution in [2.75, 3.05) is 0 Å². The highest BCUT2D eigenvalue weighted by Crippen LogP contribution is 2.29. The number of rotatable bonds is 3. The molecule has 0 atom stereocenters. The Bertz CT molecular complexity index is 476. The molecule has 2 aromatic rings. The second-order valence-electron chi connectivity index (χ2n) is 3.11. The van der Waals surface area contributed by atoms with Crippen LogP contribution in [0.5, 0.6) is 0 Å². The van der Waals surface area contributed by atoms with Gasteiger partial charge in [-0.25, -0.2) is 9.97 Å². The van der Waals surface area contributed by atoms with Gasteiger partial charge in [-0.3, -0.25) is 0 Å². The van der Waals surface area contributed by atoms with Crippen molar-refractivity contribution in [3.05, 3.63) is 47.4 Å². The largest absolute Gasteiger partial charge is 0.326 e. The zero-order valence-corrected chi connectivity index (χ0v) is 10.0. The summed E-state index contributed by atoms with van der Waals surface area (Å²) in [7, 11) is 0. The Morgan fingerprint density at radius 1 is 1.31 bits per heavy atom. The molecular weight excluding hydrogens is 242 g/mol. The van der Waals surface area contributed by atoms with Crippen LogP contribution in [0.3, 0.4) is 0 Å². The van der Waals surface area contributed by atoms with Crippen molar-refractivity contribution < 1.29 is 0 Å². The lowest BCUT2D eigenvalue weighted by atomic mass is 10.2. The topological polar surface area (TPSA) is 51.8 Å². The Hall–Kier alpha value is -1.10. The van der Waals surface area contributed by atoms with Gasteiger partial charge in [0, 0.05) is 22.7 Å². The third-order valence-corrected chi connectivity index (χ3v) is 3.31. The predicted molar refractivity (Wildman–Crippen MR) is 65.5 cm³/mol. The molecule has 16 heavy (non-hydrogen) atoms. The first-order valence-corrected chi connectivity index (χ1v) is 5.91. The quantitative estimate of drug-likeness (QED) is 0.853. The number of nitrogens with two attached hydrogens (primary N) is 1. The first kappa shape index (κ1) is 11.4. The van der Waals surface area contributed by atoms with Gasteiger partial charge in [0.2, 0.25) is 0 Å². The van der Waals surface area contributed by atoms with Gasteiger partial charge in [0.15, 0.2) is 0 Å². The molecule has 2 rings (SSSR count). The van der Waals surface area contributed by atoms with Crippen LogP contribution in [0, 0.1) is 0 Å². The van der Waals surface area contributed by atoms with Crippen molar-refractivity contribution in [1.29, 1.82) is 0 Å². The average Bonchev–Trinajstić information content (AvgIpc) is 2.31. The SMILES string of the molecule is NCc1ccc(Sc2ccncn2)cc1Cl. The molecule has 2 N–H and O–H groups in total. The van der Waals surface area contributed by atoms with Crippen LogP contribution in [0.1, 0.15) is 5.56 Å². The van der Waals surface area contributed by atoms with Crippen molar-refractivity contribution >= 4 is 23.4 Å². The van der Waals surface area contributed by atoms with Gasteiger partial charge < -0.3 is 5.73 Å². The van der Waals surface area contributed by atoms with Crippen molar-refractivity contribution in [2.24, 2.45) is 5.73 Å². The molecule has 0 saturated carbocycles. The van der Waals surface area contributed by atoms with Crippen LogP contribution in [0.25, 0.3) is 0 Å². The molecule has 0 aliphatic rings. The molecule has 0 aliphatic carbocycles. The van der Waals surface area contributed by atoms with Gasteiger partial charge in [0.1, 0.15) is 11.4 Å². The maximum Gasteiger partial charge on any atom is 0.116 e. The fourth-order valence-corrected chi connectivity index (χ4v) is 2.32. The average molecular weight is 252 g/mol. The summed E-state index contributed by atoms with van der Waals surface area (Å²) in [5, 5.41) is 1.59. The highest BCUT2D eigenvalue weighted by molar-refractivity contribution is 7.99. The molecule has 0 unspecified atom stereocenters. The van der Waals surface area contributed by atoms with Crippen LogP contribution in [0.4, 0.5) is 0 Å². The molecule has 0 aliphatic heterocycles. The van der Waals surface area contributed by atoms with E-state index in [1.54, 1.807) is 18.0 Å². The summed E-state index contributed by atoms with van der Waals surface area (Å²) in [5.74, 6) is 0. The van der Waals surface area contributed by atoms with E-state index in [4.69, 9.17) is 17.3 Å². The molecule has 3 nitrogen and oxygen atoms in total. The number of halogens is 1. The van der Waals surface area contributed by atoms with Crippen molar-refractivity contribution in [1.82, 2.24) is 9.97 Å². The third-order valence-electron chi connectivity index (χ3n) is 2.02. The van der Waals surface area contributed by atoms with E-state index in [9.17, 15) is 0 Å². The van der Waals surface area contributed by atoms with Gasteiger partial charge in [-0.15, -0.1) is 0 Å². The first-order chi connectivity index (χ1) is 7.79. The molecule has 0 fully saturated rings. The van der Waals surface area contributed by atoms with E-state index in [0.717, 1.165) is 15.5 Å². The summed E-state index contributed by atoms with van der Waals surface area (Å²) in [5.41, 5.74) is 6.49. The first-order valence-electron chi connectivity index (χ1n) is 4.72. The number of aromatic nitrogens is 2. The Morgan fingerprint density at radius 2 is 2.19 bits per heavy atom. The molecule has 0 radical (unpaired) electrons. The van der Waals surface area contributed by atoms with Gasteiger partial charge in [0.25, 0.3) is 0 Å². The normalized spacial score (nSPS) is 10.4. The lowest BCUT2D eigenvalue weighted by Crippen LogP contribution is -1.96. The fraction of sp³-hybridized carbons (Fsp3) is 0.0909. The third kappa shape index (κ3) is 2.72. The van der Waals surface area contributed by atoms with Gasteiger partial charge in [-0.2, -0.15) is 0 Å². The van der Waals surface area contributed by atoms with Crippen molar-refractivity contribution in [3.8, 4) is 0 Å². The van der Waals surface area contributed by atoms with E-state index in [2.05, 4.69) is 9.97 Å². The Kier molecular flexibility index (Phi) is 3.77. The van der Waals surface area contributed by atoms with Crippen LogP contribution >= 0.6 is 23.4 Å². The summed E-state index contributed by atoms with van der Waals surface area (Å²) >= 11 is 7.61. The molecule has 0 amide bonds. The molecule has 0 bridgehead atoms. The maximum absolute atomic E-state index is 6.07. The van der Waals surface area contributed by atoms with E-state index in [1.807, 2.05) is 24.3 Å². The van der Waals surface area contributed by atoms with E-state index >= 15 is 0 Å². The lowest BCUT2D eigenvalue weighted by Gasteiger charge is -2.04. The minimum Gasteiger partial charge on any atom is -0.326 e. The molecule has 5 heteroatoms. The molecule has 1 aromatic carbocycles. The summed E-state index contributed by atoms with van der Waals surface area (Å²) in [6.45, 7) is 0.456. The van der Waals surface area contributed by atoms with Crippen LogP contribution in [-0.4, -0.2) is 9.97 Å². The second-order valence-corrected chi connectivity index (χ2v) is 4.61. The fourth-order valence-electron chi connectivity index (χ4n) is 1.22. The van der Waals surface area contributed by atoms with E-state index in [-0.39, 0.29) is 0 Å². The minimum atomic E-state index is 0.456. The van der Waals surface area contributed by atoms with Crippen molar-refractivity contribution in [3.63, 3.8) is 0 Å². The maximum atomic E-state index is 6.07. The standard InChI is InChI=1S/C11H10ClN3S/c12-10-5-9(2-1-8(10)6-13)16-11-3-4-14-7-15-11/h1-5,7H,6,13H2. The van der Waals surface area contributed by atoms with E-state index < -0.39 is 0 Å². The van der Waals surface area contributed by atoms with E-state index in [1.165, 1.54) is 6.33 Å². The number of benzene rings is 1. The van der Waals surface area contributed by atoms with Crippen LogP contribution in [-0.2, 0) is 6.54 Å². The van der Waals surface area contributed by atoms with E-state index in [0.29, 0.717) is 11.6 Å². The molecule has 1 heterocycles. The monoisotopic (exact) mass is 251 g/mol. The molecular formula is C11H10ClN3S. The Labute approximate surface area is 103 Å². The molecule has 1 aromatic heterocycles. The molecule has 0 spiro atoms. The lowest BCUT2D eigenvalue weighted by molar-refractivity contribution is 1.04. The predicted octanol–water partition coefficient (Wildman–Crippen LogP) is 2.74. The Balaban J connectivity index is 2.20. The summed E-state index contributed by atoms with van der Waals surface area (Å²) in [4.78, 5) is 9.04. The summed E-state index contributed by atoms with van der Waals surface area (Å²) < 4.78 is 0.